The minimum Gasteiger partial charge on any atom is -0.487 e. The zero-order valence-corrected chi connectivity index (χ0v) is 12.3. The Kier molecular flexibility index (Phi) is 6.12. The average molecular weight is 302 g/mol. The molecule has 0 saturated heterocycles. The highest BCUT2D eigenvalue weighted by atomic mass is 32.2. The monoisotopic (exact) mass is 302 g/mol. The van der Waals surface area contributed by atoms with E-state index in [1.165, 1.54) is 30.3 Å². The van der Waals surface area contributed by atoms with Gasteiger partial charge in [-0.2, -0.15) is 0 Å². The summed E-state index contributed by atoms with van der Waals surface area (Å²) in [6.45, 7) is 3.35. The number of hydrogen-bond donors (Lipinski definition) is 2. The molecule has 0 aromatic heterocycles. The molecule has 0 atom stereocenters. The van der Waals surface area contributed by atoms with E-state index >= 15 is 0 Å². The van der Waals surface area contributed by atoms with Crippen LogP contribution >= 0.6 is 0 Å². The highest BCUT2D eigenvalue weighted by Gasteiger charge is 2.14. The lowest BCUT2D eigenvalue weighted by molar-refractivity contribution is 0.318. The van der Waals surface area contributed by atoms with Gasteiger partial charge in [-0.25, -0.2) is 17.5 Å². The van der Waals surface area contributed by atoms with Crippen molar-refractivity contribution in [2.24, 2.45) is 5.73 Å². The molecule has 20 heavy (non-hydrogen) atoms. The second-order valence-corrected chi connectivity index (χ2v) is 6.14. The molecule has 0 spiro atoms. The summed E-state index contributed by atoms with van der Waals surface area (Å²) in [7, 11) is -3.52. The summed E-state index contributed by atoms with van der Waals surface area (Å²) in [5.41, 5.74) is 5.16. The number of halogens is 1. The number of benzene rings is 1. The van der Waals surface area contributed by atoms with Gasteiger partial charge in [0.2, 0.25) is 10.0 Å². The van der Waals surface area contributed by atoms with Gasteiger partial charge in [0.1, 0.15) is 18.2 Å². The van der Waals surface area contributed by atoms with E-state index in [-0.39, 0.29) is 24.1 Å². The third-order valence-electron chi connectivity index (χ3n) is 2.24. The fourth-order valence-corrected chi connectivity index (χ4v) is 2.68. The molecular weight excluding hydrogens is 283 g/mol. The van der Waals surface area contributed by atoms with Crippen LogP contribution in [-0.2, 0) is 10.0 Å². The van der Waals surface area contributed by atoms with E-state index in [9.17, 15) is 12.8 Å². The summed E-state index contributed by atoms with van der Waals surface area (Å²) in [6, 6.07) is 5.58. The van der Waals surface area contributed by atoms with Crippen molar-refractivity contribution in [2.75, 3.05) is 13.2 Å². The molecule has 1 rings (SSSR count). The standard InChI is InChI=1S/C13H19FN2O3S/c1-10(2)16-20(17,18)13-5-3-12(4-6-13)19-9-11(14)7-8-15/h3-7,10,16H,8-9,15H2,1-2H3. The van der Waals surface area contributed by atoms with Crippen LogP contribution in [0.2, 0.25) is 0 Å². The van der Waals surface area contributed by atoms with E-state index in [1.807, 2.05) is 0 Å². The first-order chi connectivity index (χ1) is 9.35. The molecule has 0 aliphatic carbocycles. The zero-order valence-electron chi connectivity index (χ0n) is 11.5. The maximum absolute atomic E-state index is 13.1. The SMILES string of the molecule is CC(C)NS(=O)(=O)c1ccc(OCC(F)=CCN)cc1. The van der Waals surface area contributed by atoms with Crippen LogP contribution < -0.4 is 15.2 Å². The second-order valence-electron chi connectivity index (χ2n) is 4.42. The van der Waals surface area contributed by atoms with E-state index in [1.54, 1.807) is 13.8 Å². The van der Waals surface area contributed by atoms with Crippen LogP contribution in [-0.4, -0.2) is 27.6 Å². The van der Waals surface area contributed by atoms with E-state index in [2.05, 4.69) is 4.72 Å². The second kappa shape index (κ2) is 7.37. The first-order valence-electron chi connectivity index (χ1n) is 6.15. The van der Waals surface area contributed by atoms with Gasteiger partial charge in [0.15, 0.2) is 0 Å². The number of sulfonamides is 1. The van der Waals surface area contributed by atoms with Crippen molar-refractivity contribution in [1.29, 1.82) is 0 Å². The number of nitrogens with two attached hydrogens (primary N) is 1. The van der Waals surface area contributed by atoms with Gasteiger partial charge in [-0.3, -0.25) is 0 Å². The highest BCUT2D eigenvalue weighted by molar-refractivity contribution is 7.89. The summed E-state index contributed by atoms with van der Waals surface area (Å²) in [5, 5.41) is 0. The number of hydrogen-bond acceptors (Lipinski definition) is 4. The van der Waals surface area contributed by atoms with Gasteiger partial charge in [-0.05, 0) is 44.2 Å². The van der Waals surface area contributed by atoms with Crippen LogP contribution in [0.1, 0.15) is 13.8 Å². The molecule has 0 amide bonds. The number of ether oxygens (including phenoxy) is 1. The van der Waals surface area contributed by atoms with Crippen molar-refractivity contribution >= 4 is 10.0 Å². The largest absolute Gasteiger partial charge is 0.487 e. The maximum atomic E-state index is 13.1. The van der Waals surface area contributed by atoms with E-state index in [4.69, 9.17) is 10.5 Å². The van der Waals surface area contributed by atoms with E-state index in [0.717, 1.165) is 0 Å². The molecule has 0 bridgehead atoms. The first-order valence-corrected chi connectivity index (χ1v) is 7.63. The lowest BCUT2D eigenvalue weighted by Gasteiger charge is -2.10. The Bertz CT molecular complexity index is 553. The molecule has 3 N–H and O–H groups in total. The summed E-state index contributed by atoms with van der Waals surface area (Å²) in [5.74, 6) is -0.0836. The predicted molar refractivity (Wildman–Crippen MR) is 75.6 cm³/mol. The van der Waals surface area contributed by atoms with Crippen LogP contribution in [0.4, 0.5) is 4.39 Å². The van der Waals surface area contributed by atoms with Crippen molar-refractivity contribution in [3.8, 4) is 5.75 Å². The molecule has 0 aliphatic rings. The molecule has 0 saturated carbocycles. The zero-order chi connectivity index (χ0) is 15.2. The van der Waals surface area contributed by atoms with Crippen molar-refractivity contribution < 1.29 is 17.5 Å². The third-order valence-corrected chi connectivity index (χ3v) is 3.92. The molecule has 0 heterocycles. The molecule has 0 radical (unpaired) electrons. The lowest BCUT2D eigenvalue weighted by atomic mass is 10.3. The minimum absolute atomic E-state index is 0.104. The molecule has 0 fully saturated rings. The molecule has 7 heteroatoms. The summed E-state index contributed by atoms with van der Waals surface area (Å²) >= 11 is 0. The normalized spacial score (nSPS) is 12.8. The Morgan fingerprint density at radius 2 is 2.00 bits per heavy atom. The Morgan fingerprint density at radius 1 is 1.40 bits per heavy atom. The van der Waals surface area contributed by atoms with Crippen molar-refractivity contribution in [3.63, 3.8) is 0 Å². The Hall–Kier alpha value is -1.44. The smallest absolute Gasteiger partial charge is 0.240 e. The summed E-state index contributed by atoms with van der Waals surface area (Å²) < 4.78 is 44.4. The Morgan fingerprint density at radius 3 is 2.50 bits per heavy atom. The molecule has 5 nitrogen and oxygen atoms in total. The lowest BCUT2D eigenvalue weighted by Crippen LogP contribution is -2.30. The first kappa shape index (κ1) is 16.6. The van der Waals surface area contributed by atoms with Gasteiger partial charge in [-0.1, -0.05) is 0 Å². The molecule has 112 valence electrons. The van der Waals surface area contributed by atoms with Crippen LogP contribution in [0, 0.1) is 0 Å². The molecule has 1 aromatic carbocycles. The fourth-order valence-electron chi connectivity index (χ4n) is 1.43. The van der Waals surface area contributed by atoms with Crippen molar-refractivity contribution in [3.05, 3.63) is 36.2 Å². The minimum atomic E-state index is -3.52. The predicted octanol–water partition coefficient (Wildman–Crippen LogP) is 1.56. The van der Waals surface area contributed by atoms with Crippen LogP contribution in [0.25, 0.3) is 0 Å². The van der Waals surface area contributed by atoms with Gasteiger partial charge in [-0.15, -0.1) is 0 Å². The van der Waals surface area contributed by atoms with Crippen LogP contribution in [0.3, 0.4) is 0 Å². The summed E-state index contributed by atoms with van der Waals surface area (Å²) in [6.07, 6.45) is 1.21. The molecule has 0 unspecified atom stereocenters. The molecule has 1 aromatic rings. The molecular formula is C13H19FN2O3S. The van der Waals surface area contributed by atoms with Crippen LogP contribution in [0.15, 0.2) is 41.1 Å². The van der Waals surface area contributed by atoms with Gasteiger partial charge in [0.25, 0.3) is 0 Å². The molecule has 0 aliphatic heterocycles. The number of rotatable bonds is 7. The maximum Gasteiger partial charge on any atom is 0.240 e. The quantitative estimate of drug-likeness (QED) is 0.801. The Labute approximate surface area is 118 Å². The third kappa shape index (κ3) is 5.28. The van der Waals surface area contributed by atoms with Crippen LogP contribution in [0.5, 0.6) is 5.75 Å². The fraction of sp³-hybridized carbons (Fsp3) is 0.385. The van der Waals surface area contributed by atoms with Crippen molar-refractivity contribution in [2.45, 2.75) is 24.8 Å². The Balaban J connectivity index is 2.72. The number of nitrogens with one attached hydrogen (secondary N) is 1. The van der Waals surface area contributed by atoms with Gasteiger partial charge in [0.05, 0.1) is 4.90 Å². The van der Waals surface area contributed by atoms with Crippen molar-refractivity contribution in [1.82, 2.24) is 4.72 Å². The van der Waals surface area contributed by atoms with Gasteiger partial charge < -0.3 is 10.5 Å². The van der Waals surface area contributed by atoms with E-state index in [0.29, 0.717) is 5.75 Å². The van der Waals surface area contributed by atoms with Gasteiger partial charge >= 0.3 is 0 Å². The average Bonchev–Trinajstić information content (AvgIpc) is 2.36. The van der Waals surface area contributed by atoms with Gasteiger partial charge in [0, 0.05) is 12.6 Å². The highest BCUT2D eigenvalue weighted by Crippen LogP contribution is 2.17. The topological polar surface area (TPSA) is 81.4 Å². The summed E-state index contributed by atoms with van der Waals surface area (Å²) in [4.78, 5) is 0.136. The van der Waals surface area contributed by atoms with E-state index < -0.39 is 15.9 Å².